The Morgan fingerprint density at radius 3 is 2.65 bits per heavy atom. The van der Waals surface area contributed by atoms with Crippen LogP contribution in [0.4, 0.5) is 4.79 Å². The molecule has 17 heavy (non-hydrogen) atoms. The summed E-state index contributed by atoms with van der Waals surface area (Å²) in [6, 6.07) is -0.162. The molecule has 1 aliphatic carbocycles. The van der Waals surface area contributed by atoms with E-state index in [0.717, 1.165) is 12.8 Å². The molecule has 6 heteroatoms. The minimum Gasteiger partial charge on any atom is -0.481 e. The molecule has 0 heterocycles. The molecule has 1 atom stereocenters. The SMILES string of the molecule is CCOC1CC(NC(=O)NCC(C)C(=O)O)C1. The highest BCUT2D eigenvalue weighted by molar-refractivity contribution is 5.76. The van der Waals surface area contributed by atoms with Crippen LogP contribution in [0.2, 0.25) is 0 Å². The topological polar surface area (TPSA) is 87.7 Å². The van der Waals surface area contributed by atoms with Gasteiger partial charge in [0.25, 0.3) is 0 Å². The number of amides is 2. The molecule has 0 aromatic heterocycles. The van der Waals surface area contributed by atoms with E-state index in [2.05, 4.69) is 10.6 Å². The third kappa shape index (κ3) is 4.60. The van der Waals surface area contributed by atoms with E-state index in [1.807, 2.05) is 6.92 Å². The fourth-order valence-electron chi connectivity index (χ4n) is 1.62. The summed E-state index contributed by atoms with van der Waals surface area (Å²) in [6.45, 7) is 4.33. The Hall–Kier alpha value is -1.30. The minimum absolute atomic E-state index is 0.142. The first-order valence-electron chi connectivity index (χ1n) is 5.91. The number of rotatable bonds is 6. The molecular weight excluding hydrogens is 224 g/mol. The van der Waals surface area contributed by atoms with E-state index >= 15 is 0 Å². The summed E-state index contributed by atoms with van der Waals surface area (Å²) in [6.07, 6.45) is 1.91. The molecule has 1 fully saturated rings. The van der Waals surface area contributed by atoms with Crippen molar-refractivity contribution in [2.45, 2.75) is 38.8 Å². The van der Waals surface area contributed by atoms with Gasteiger partial charge in [0.1, 0.15) is 0 Å². The van der Waals surface area contributed by atoms with Gasteiger partial charge in [0.2, 0.25) is 0 Å². The second-order valence-electron chi connectivity index (χ2n) is 4.34. The van der Waals surface area contributed by atoms with Gasteiger partial charge in [0.05, 0.1) is 12.0 Å². The van der Waals surface area contributed by atoms with Crippen molar-refractivity contribution in [3.63, 3.8) is 0 Å². The monoisotopic (exact) mass is 244 g/mol. The highest BCUT2D eigenvalue weighted by Gasteiger charge is 2.30. The van der Waals surface area contributed by atoms with Crippen molar-refractivity contribution in [1.29, 1.82) is 0 Å². The van der Waals surface area contributed by atoms with Crippen molar-refractivity contribution >= 4 is 12.0 Å². The van der Waals surface area contributed by atoms with E-state index in [4.69, 9.17) is 9.84 Å². The van der Waals surface area contributed by atoms with Gasteiger partial charge >= 0.3 is 12.0 Å². The molecule has 98 valence electrons. The summed E-state index contributed by atoms with van der Waals surface area (Å²) >= 11 is 0. The molecular formula is C11H20N2O4. The zero-order valence-corrected chi connectivity index (χ0v) is 10.2. The van der Waals surface area contributed by atoms with Gasteiger partial charge in [-0.3, -0.25) is 4.79 Å². The van der Waals surface area contributed by atoms with Gasteiger partial charge in [0, 0.05) is 19.2 Å². The minimum atomic E-state index is -0.912. The molecule has 0 aromatic carbocycles. The number of aliphatic carboxylic acids is 1. The summed E-state index contributed by atoms with van der Waals surface area (Å²) in [7, 11) is 0. The first kappa shape index (κ1) is 13.8. The van der Waals surface area contributed by atoms with Crippen molar-refractivity contribution in [2.75, 3.05) is 13.2 Å². The molecule has 0 aromatic rings. The maximum Gasteiger partial charge on any atom is 0.315 e. The Bertz CT molecular complexity index is 277. The number of ether oxygens (including phenoxy) is 1. The Morgan fingerprint density at radius 1 is 1.47 bits per heavy atom. The molecule has 1 unspecified atom stereocenters. The van der Waals surface area contributed by atoms with Crippen LogP contribution >= 0.6 is 0 Å². The van der Waals surface area contributed by atoms with Crippen LogP contribution in [0.15, 0.2) is 0 Å². The predicted octanol–water partition coefficient (Wildman–Crippen LogP) is 0.574. The third-order valence-corrected chi connectivity index (χ3v) is 2.82. The summed E-state index contributed by atoms with van der Waals surface area (Å²) in [5, 5.41) is 14.0. The van der Waals surface area contributed by atoms with Crippen LogP contribution < -0.4 is 10.6 Å². The largest absolute Gasteiger partial charge is 0.481 e. The average Bonchev–Trinajstić information content (AvgIpc) is 2.22. The van der Waals surface area contributed by atoms with Crippen LogP contribution in [0, 0.1) is 5.92 Å². The fraction of sp³-hybridized carbons (Fsp3) is 0.818. The van der Waals surface area contributed by atoms with Crippen molar-refractivity contribution in [3.05, 3.63) is 0 Å². The maximum atomic E-state index is 11.4. The molecule has 1 saturated carbocycles. The van der Waals surface area contributed by atoms with Gasteiger partial charge in [-0.25, -0.2) is 4.79 Å². The zero-order chi connectivity index (χ0) is 12.8. The molecule has 0 bridgehead atoms. The van der Waals surface area contributed by atoms with Gasteiger partial charge < -0.3 is 20.5 Å². The van der Waals surface area contributed by atoms with E-state index in [-0.39, 0.29) is 24.7 Å². The van der Waals surface area contributed by atoms with E-state index in [9.17, 15) is 9.59 Å². The Morgan fingerprint density at radius 2 is 2.12 bits per heavy atom. The number of nitrogens with one attached hydrogen (secondary N) is 2. The third-order valence-electron chi connectivity index (χ3n) is 2.82. The molecule has 1 aliphatic rings. The van der Waals surface area contributed by atoms with E-state index < -0.39 is 11.9 Å². The average molecular weight is 244 g/mol. The quantitative estimate of drug-likeness (QED) is 0.637. The number of carboxylic acid groups (broad SMARTS) is 1. The Kier molecular flexibility index (Phi) is 5.21. The number of urea groups is 1. The Labute approximate surface area is 101 Å². The van der Waals surface area contributed by atoms with E-state index in [1.54, 1.807) is 6.92 Å². The second kappa shape index (κ2) is 6.44. The standard InChI is InChI=1S/C11H20N2O4/c1-3-17-9-4-8(5-9)13-11(16)12-6-7(2)10(14)15/h7-9H,3-6H2,1-2H3,(H,14,15)(H2,12,13,16). The maximum absolute atomic E-state index is 11.4. The van der Waals surface area contributed by atoms with Crippen LogP contribution in [0.1, 0.15) is 26.7 Å². The van der Waals surface area contributed by atoms with Crippen LogP contribution in [0.5, 0.6) is 0 Å². The van der Waals surface area contributed by atoms with Crippen LogP contribution in [0.3, 0.4) is 0 Å². The molecule has 1 rings (SSSR count). The van der Waals surface area contributed by atoms with Crippen LogP contribution in [0.25, 0.3) is 0 Å². The molecule has 0 spiro atoms. The summed E-state index contributed by atoms with van der Waals surface area (Å²) in [4.78, 5) is 21.9. The van der Waals surface area contributed by atoms with E-state index in [0.29, 0.717) is 6.61 Å². The zero-order valence-electron chi connectivity index (χ0n) is 10.2. The number of hydrogen-bond acceptors (Lipinski definition) is 3. The summed E-state index contributed by atoms with van der Waals surface area (Å²) in [5.74, 6) is -1.48. The van der Waals surface area contributed by atoms with Crippen LogP contribution in [-0.2, 0) is 9.53 Å². The highest BCUT2D eigenvalue weighted by atomic mass is 16.5. The number of carbonyl (C=O) groups excluding carboxylic acids is 1. The van der Waals surface area contributed by atoms with E-state index in [1.165, 1.54) is 0 Å². The van der Waals surface area contributed by atoms with Gasteiger partial charge in [0.15, 0.2) is 0 Å². The fourth-order valence-corrected chi connectivity index (χ4v) is 1.62. The number of hydrogen-bond donors (Lipinski definition) is 3. The number of carbonyl (C=O) groups is 2. The first-order chi connectivity index (χ1) is 8.02. The van der Waals surface area contributed by atoms with Crippen molar-refractivity contribution in [2.24, 2.45) is 5.92 Å². The highest BCUT2D eigenvalue weighted by Crippen LogP contribution is 2.22. The molecule has 6 nitrogen and oxygen atoms in total. The lowest BCUT2D eigenvalue weighted by atomic mass is 9.89. The summed E-state index contributed by atoms with van der Waals surface area (Å²) in [5.41, 5.74) is 0. The predicted molar refractivity (Wildman–Crippen MR) is 61.8 cm³/mol. The summed E-state index contributed by atoms with van der Waals surface area (Å²) < 4.78 is 5.37. The molecule has 0 aliphatic heterocycles. The normalized spacial score (nSPS) is 24.6. The lowest BCUT2D eigenvalue weighted by molar-refractivity contribution is -0.140. The molecule has 0 radical (unpaired) electrons. The Balaban J connectivity index is 2.09. The second-order valence-corrected chi connectivity index (χ2v) is 4.34. The lowest BCUT2D eigenvalue weighted by Crippen LogP contribution is -2.51. The van der Waals surface area contributed by atoms with Gasteiger partial charge in [-0.05, 0) is 19.8 Å². The van der Waals surface area contributed by atoms with Gasteiger partial charge in [-0.1, -0.05) is 6.92 Å². The van der Waals surface area contributed by atoms with Gasteiger partial charge in [-0.15, -0.1) is 0 Å². The smallest absolute Gasteiger partial charge is 0.315 e. The van der Waals surface area contributed by atoms with Crippen molar-refractivity contribution in [1.82, 2.24) is 10.6 Å². The van der Waals surface area contributed by atoms with Crippen molar-refractivity contribution < 1.29 is 19.4 Å². The number of carboxylic acids is 1. The molecule has 3 N–H and O–H groups in total. The van der Waals surface area contributed by atoms with Crippen molar-refractivity contribution in [3.8, 4) is 0 Å². The molecule has 2 amide bonds. The van der Waals surface area contributed by atoms with Gasteiger partial charge in [-0.2, -0.15) is 0 Å². The first-order valence-corrected chi connectivity index (χ1v) is 5.91. The lowest BCUT2D eigenvalue weighted by Gasteiger charge is -2.35. The van der Waals surface area contributed by atoms with Crippen LogP contribution in [-0.4, -0.2) is 42.4 Å². The molecule has 0 saturated heterocycles.